The van der Waals surface area contributed by atoms with Crippen molar-refractivity contribution in [1.29, 1.82) is 0 Å². The molecule has 0 saturated heterocycles. The molecule has 0 aliphatic carbocycles. The van der Waals surface area contributed by atoms with Crippen molar-refractivity contribution < 1.29 is 19.4 Å². The first kappa shape index (κ1) is 18.6. The summed E-state index contributed by atoms with van der Waals surface area (Å²) >= 11 is 0. The highest BCUT2D eigenvalue weighted by Crippen LogP contribution is 2.34. The van der Waals surface area contributed by atoms with E-state index in [-0.39, 0.29) is 28.1 Å². The molecule has 0 N–H and O–H groups in total. The Labute approximate surface area is 158 Å². The van der Waals surface area contributed by atoms with Crippen LogP contribution in [0.5, 0.6) is 5.75 Å². The van der Waals surface area contributed by atoms with Crippen LogP contribution in [0.4, 0.5) is 11.4 Å². The molecule has 0 atom stereocenters. The van der Waals surface area contributed by atoms with Gasteiger partial charge in [0.15, 0.2) is 0 Å². The van der Waals surface area contributed by atoms with Crippen LogP contribution < -0.4 is 4.74 Å². The summed E-state index contributed by atoms with van der Waals surface area (Å²) in [6.07, 6.45) is 2.73. The van der Waals surface area contributed by atoms with Gasteiger partial charge < -0.3 is 4.74 Å². The van der Waals surface area contributed by atoms with Crippen LogP contribution in [0.3, 0.4) is 0 Å². The Kier molecular flexibility index (Phi) is 5.07. The molecule has 9 nitrogen and oxygen atoms in total. The number of nitro groups is 2. The van der Waals surface area contributed by atoms with Gasteiger partial charge in [-0.2, -0.15) is 0 Å². The number of esters is 1. The molecule has 2 aromatic carbocycles. The van der Waals surface area contributed by atoms with Crippen LogP contribution in [0.25, 0.3) is 17.0 Å². The highest BCUT2D eigenvalue weighted by atomic mass is 16.6. The third-order valence-electron chi connectivity index (χ3n) is 3.93. The predicted molar refractivity (Wildman–Crippen MR) is 101 cm³/mol. The van der Waals surface area contributed by atoms with Crippen LogP contribution in [0.1, 0.15) is 12.5 Å². The molecule has 3 rings (SSSR count). The van der Waals surface area contributed by atoms with E-state index in [1.54, 1.807) is 18.2 Å². The van der Waals surface area contributed by atoms with Crippen molar-refractivity contribution in [2.24, 2.45) is 0 Å². The van der Waals surface area contributed by atoms with E-state index >= 15 is 0 Å². The number of carbonyl (C=O) groups is 1. The summed E-state index contributed by atoms with van der Waals surface area (Å²) in [7, 11) is 0. The first-order valence-electron chi connectivity index (χ1n) is 8.04. The van der Waals surface area contributed by atoms with Crippen molar-refractivity contribution in [3.63, 3.8) is 0 Å². The van der Waals surface area contributed by atoms with Crippen molar-refractivity contribution in [2.75, 3.05) is 0 Å². The predicted octanol–water partition coefficient (Wildman–Crippen LogP) is 4.06. The third kappa shape index (κ3) is 3.68. The Balaban J connectivity index is 2.01. The molecule has 0 aliphatic rings. The standard InChI is InChI=1S/C19H13N3O6/c1-12(11-14-5-2-3-7-15(14)21(24)25)19(23)28-18-16(22(26)27)9-8-13-6-4-10-20-17(13)18/h2-11H,1H3/b12-11+. The van der Waals surface area contributed by atoms with Gasteiger partial charge in [-0.25, -0.2) is 4.79 Å². The summed E-state index contributed by atoms with van der Waals surface area (Å²) in [5.41, 5.74) is -0.155. The molecule has 0 unspecified atom stereocenters. The number of nitrogens with zero attached hydrogens (tertiary/aromatic N) is 3. The number of rotatable bonds is 5. The number of nitro benzene ring substituents is 2. The molecular formula is C19H13N3O6. The molecule has 0 radical (unpaired) electrons. The van der Waals surface area contributed by atoms with E-state index in [1.807, 2.05) is 0 Å². The van der Waals surface area contributed by atoms with E-state index in [4.69, 9.17) is 4.74 Å². The van der Waals surface area contributed by atoms with Crippen molar-refractivity contribution in [3.8, 4) is 5.75 Å². The Morgan fingerprint density at radius 3 is 2.43 bits per heavy atom. The Hall–Kier alpha value is -4.14. The monoisotopic (exact) mass is 379 g/mol. The SMILES string of the molecule is C/C(=C\c1ccccc1[N+](=O)[O-])C(=O)Oc1c([N+](=O)[O-])ccc2cccnc12. The second-order valence-corrected chi connectivity index (χ2v) is 5.78. The van der Waals surface area contributed by atoms with E-state index in [0.29, 0.717) is 5.39 Å². The van der Waals surface area contributed by atoms with Crippen LogP contribution in [0, 0.1) is 20.2 Å². The number of ether oxygens (including phenoxy) is 1. The maximum absolute atomic E-state index is 12.5. The summed E-state index contributed by atoms with van der Waals surface area (Å²) in [5, 5.41) is 23.0. The average molecular weight is 379 g/mol. The number of benzene rings is 2. The fourth-order valence-electron chi connectivity index (χ4n) is 2.59. The molecule has 9 heteroatoms. The first-order valence-corrected chi connectivity index (χ1v) is 8.04. The van der Waals surface area contributed by atoms with E-state index in [0.717, 1.165) is 0 Å². The number of carbonyl (C=O) groups excluding carboxylic acids is 1. The number of pyridine rings is 1. The molecule has 3 aromatic rings. The molecule has 0 fully saturated rings. The Morgan fingerprint density at radius 1 is 1.00 bits per heavy atom. The molecular weight excluding hydrogens is 366 g/mol. The molecule has 140 valence electrons. The van der Waals surface area contributed by atoms with Crippen molar-refractivity contribution >= 4 is 34.3 Å². The van der Waals surface area contributed by atoms with Gasteiger partial charge in [-0.05, 0) is 31.2 Å². The zero-order valence-corrected chi connectivity index (χ0v) is 14.6. The quantitative estimate of drug-likeness (QED) is 0.215. The smallest absolute Gasteiger partial charge is 0.339 e. The van der Waals surface area contributed by atoms with E-state index in [9.17, 15) is 25.0 Å². The number of hydrogen-bond donors (Lipinski definition) is 0. The zero-order chi connectivity index (χ0) is 20.3. The van der Waals surface area contributed by atoms with E-state index in [1.165, 1.54) is 49.5 Å². The van der Waals surface area contributed by atoms with Gasteiger partial charge in [0.05, 0.1) is 15.4 Å². The van der Waals surface area contributed by atoms with Gasteiger partial charge in [0.2, 0.25) is 5.75 Å². The number of aromatic nitrogens is 1. The number of para-hydroxylation sites is 1. The minimum Gasteiger partial charge on any atom is -0.413 e. The Morgan fingerprint density at radius 2 is 1.71 bits per heavy atom. The van der Waals surface area contributed by atoms with Gasteiger partial charge in [-0.15, -0.1) is 0 Å². The molecule has 0 aliphatic heterocycles. The van der Waals surface area contributed by atoms with Crippen LogP contribution in [0.15, 0.2) is 60.3 Å². The molecule has 0 amide bonds. The second-order valence-electron chi connectivity index (χ2n) is 5.78. The van der Waals surface area contributed by atoms with Gasteiger partial charge in [-0.3, -0.25) is 25.2 Å². The van der Waals surface area contributed by atoms with Crippen molar-refractivity contribution in [3.05, 3.63) is 86.1 Å². The number of hydrogen-bond acceptors (Lipinski definition) is 7. The Bertz CT molecular complexity index is 1140. The first-order chi connectivity index (χ1) is 13.4. The maximum Gasteiger partial charge on any atom is 0.339 e. The topological polar surface area (TPSA) is 125 Å². The van der Waals surface area contributed by atoms with E-state index < -0.39 is 21.5 Å². The molecule has 1 aromatic heterocycles. The van der Waals surface area contributed by atoms with Crippen molar-refractivity contribution in [1.82, 2.24) is 4.98 Å². The average Bonchev–Trinajstić information content (AvgIpc) is 2.68. The fraction of sp³-hybridized carbons (Fsp3) is 0.0526. The molecule has 0 saturated carbocycles. The largest absolute Gasteiger partial charge is 0.413 e. The fourth-order valence-corrected chi connectivity index (χ4v) is 2.59. The summed E-state index contributed by atoms with van der Waals surface area (Å²) < 4.78 is 5.27. The lowest BCUT2D eigenvalue weighted by molar-refractivity contribution is -0.385. The van der Waals surface area contributed by atoms with E-state index in [2.05, 4.69) is 4.98 Å². The normalized spacial score (nSPS) is 11.2. The number of fused-ring (bicyclic) bond motifs is 1. The van der Waals surface area contributed by atoms with Crippen LogP contribution in [-0.4, -0.2) is 20.8 Å². The molecule has 28 heavy (non-hydrogen) atoms. The summed E-state index contributed by atoms with van der Waals surface area (Å²) in [4.78, 5) is 37.8. The maximum atomic E-state index is 12.5. The minimum atomic E-state index is -0.876. The summed E-state index contributed by atoms with van der Waals surface area (Å²) in [6.45, 7) is 1.41. The lowest BCUT2D eigenvalue weighted by Crippen LogP contribution is -2.11. The molecule has 1 heterocycles. The lowest BCUT2D eigenvalue weighted by Gasteiger charge is -2.08. The molecule has 0 spiro atoms. The summed E-state index contributed by atoms with van der Waals surface area (Å²) in [5.74, 6) is -1.15. The van der Waals surface area contributed by atoms with Crippen LogP contribution in [0.2, 0.25) is 0 Å². The second kappa shape index (κ2) is 7.62. The zero-order valence-electron chi connectivity index (χ0n) is 14.6. The summed E-state index contributed by atoms with van der Waals surface area (Å²) in [6, 6.07) is 12.0. The minimum absolute atomic E-state index is 0.0385. The van der Waals surface area contributed by atoms with Crippen LogP contribution >= 0.6 is 0 Å². The van der Waals surface area contributed by atoms with Gasteiger partial charge in [-0.1, -0.05) is 18.2 Å². The van der Waals surface area contributed by atoms with Crippen LogP contribution in [-0.2, 0) is 4.79 Å². The van der Waals surface area contributed by atoms with Gasteiger partial charge in [0, 0.05) is 29.3 Å². The van der Waals surface area contributed by atoms with Crippen molar-refractivity contribution in [2.45, 2.75) is 6.92 Å². The van der Waals surface area contributed by atoms with Gasteiger partial charge >= 0.3 is 11.7 Å². The highest BCUT2D eigenvalue weighted by Gasteiger charge is 2.23. The molecule has 0 bridgehead atoms. The third-order valence-corrected chi connectivity index (χ3v) is 3.93. The highest BCUT2D eigenvalue weighted by molar-refractivity contribution is 5.98. The van der Waals surface area contributed by atoms with Gasteiger partial charge in [0.1, 0.15) is 5.52 Å². The lowest BCUT2D eigenvalue weighted by atomic mass is 10.1. The van der Waals surface area contributed by atoms with Gasteiger partial charge in [0.25, 0.3) is 5.69 Å².